The maximum atomic E-state index is 12.1. The Bertz CT molecular complexity index is 372. The first-order valence-electron chi connectivity index (χ1n) is 5.54. The molecule has 1 aliphatic heterocycles. The number of benzene rings is 1. The lowest BCUT2D eigenvalue weighted by Crippen LogP contribution is -2.16. The Labute approximate surface area is 95.3 Å². The van der Waals surface area contributed by atoms with Crippen LogP contribution in [0.3, 0.4) is 0 Å². The van der Waals surface area contributed by atoms with E-state index in [0.717, 1.165) is 24.4 Å². The van der Waals surface area contributed by atoms with E-state index >= 15 is 0 Å². The zero-order valence-electron chi connectivity index (χ0n) is 9.29. The highest BCUT2D eigenvalue weighted by Gasteiger charge is 2.14. The highest BCUT2D eigenvalue weighted by molar-refractivity contribution is 5.63. The number of alkyl halides is 1. The van der Waals surface area contributed by atoms with Crippen LogP contribution in [0.2, 0.25) is 0 Å². The molecule has 16 heavy (non-hydrogen) atoms. The van der Waals surface area contributed by atoms with Gasteiger partial charge < -0.3 is 9.64 Å². The molecule has 0 N–H and O–H groups in total. The van der Waals surface area contributed by atoms with Gasteiger partial charge in [-0.25, -0.2) is 4.39 Å². The summed E-state index contributed by atoms with van der Waals surface area (Å²) in [6.07, 6.45) is 2.44. The quantitative estimate of drug-likeness (QED) is 0.774. The van der Waals surface area contributed by atoms with E-state index in [0.29, 0.717) is 5.75 Å². The minimum absolute atomic E-state index is 0.556. The molecule has 0 saturated carbocycles. The molecule has 1 aromatic rings. The Morgan fingerprint density at radius 1 is 1.38 bits per heavy atom. The molecule has 1 aromatic carbocycles. The van der Waals surface area contributed by atoms with Crippen molar-refractivity contribution in [3.8, 4) is 5.75 Å². The Morgan fingerprint density at radius 2 is 2.12 bits per heavy atom. The van der Waals surface area contributed by atoms with Gasteiger partial charge >= 0.3 is 0 Å². The van der Waals surface area contributed by atoms with Gasteiger partial charge in [0.2, 0.25) is 6.86 Å². The SMILES string of the molecule is C=C(c1cccc(OCF)c1)N1CCCC1. The number of halogens is 1. The largest absolute Gasteiger partial charge is 0.463 e. The van der Waals surface area contributed by atoms with Gasteiger partial charge in [-0.15, -0.1) is 0 Å². The van der Waals surface area contributed by atoms with Crippen molar-refractivity contribution in [2.45, 2.75) is 12.8 Å². The second-order valence-corrected chi connectivity index (χ2v) is 3.92. The third-order valence-corrected chi connectivity index (χ3v) is 2.88. The van der Waals surface area contributed by atoms with Crippen LogP contribution in [0, 0.1) is 0 Å². The summed E-state index contributed by atoms with van der Waals surface area (Å²) >= 11 is 0. The highest BCUT2D eigenvalue weighted by atomic mass is 19.1. The minimum atomic E-state index is -0.792. The lowest BCUT2D eigenvalue weighted by molar-refractivity contribution is 0.191. The average molecular weight is 221 g/mol. The van der Waals surface area contributed by atoms with E-state index in [1.807, 2.05) is 18.2 Å². The van der Waals surface area contributed by atoms with Gasteiger partial charge in [-0.2, -0.15) is 0 Å². The minimum Gasteiger partial charge on any atom is -0.463 e. The van der Waals surface area contributed by atoms with E-state index in [-0.39, 0.29) is 0 Å². The molecular formula is C13H16FNO. The third kappa shape index (κ3) is 2.35. The molecule has 1 saturated heterocycles. The summed E-state index contributed by atoms with van der Waals surface area (Å²) in [5.41, 5.74) is 2.01. The van der Waals surface area contributed by atoms with Crippen LogP contribution in [0.5, 0.6) is 5.75 Å². The summed E-state index contributed by atoms with van der Waals surface area (Å²) < 4.78 is 16.9. The standard InChI is InChI=1S/C13H16FNO/c1-11(15-7-2-3-8-15)12-5-4-6-13(9-12)16-10-14/h4-6,9H,1-3,7-8,10H2. The molecule has 0 radical (unpaired) electrons. The molecule has 0 bridgehead atoms. The Kier molecular flexibility index (Phi) is 3.44. The molecule has 3 heteroatoms. The zero-order valence-corrected chi connectivity index (χ0v) is 9.29. The van der Waals surface area contributed by atoms with Gasteiger partial charge in [0.15, 0.2) is 0 Å². The number of hydrogen-bond acceptors (Lipinski definition) is 2. The molecule has 0 aromatic heterocycles. The molecule has 1 heterocycles. The van der Waals surface area contributed by atoms with Crippen LogP contribution in [0.25, 0.3) is 5.70 Å². The predicted molar refractivity (Wildman–Crippen MR) is 62.9 cm³/mol. The Hall–Kier alpha value is -1.51. The average Bonchev–Trinajstić information content (AvgIpc) is 2.82. The molecule has 0 unspecified atom stereocenters. The van der Waals surface area contributed by atoms with Crippen LogP contribution in [-0.4, -0.2) is 24.9 Å². The topological polar surface area (TPSA) is 12.5 Å². The monoisotopic (exact) mass is 221 g/mol. The number of rotatable bonds is 4. The van der Waals surface area contributed by atoms with E-state index in [2.05, 4.69) is 11.5 Å². The molecule has 0 atom stereocenters. The van der Waals surface area contributed by atoms with Crippen LogP contribution < -0.4 is 4.74 Å². The number of ether oxygens (including phenoxy) is 1. The molecule has 2 rings (SSSR count). The van der Waals surface area contributed by atoms with Crippen molar-refractivity contribution in [2.24, 2.45) is 0 Å². The smallest absolute Gasteiger partial charge is 0.228 e. The van der Waals surface area contributed by atoms with Crippen molar-refractivity contribution >= 4 is 5.70 Å². The van der Waals surface area contributed by atoms with E-state index < -0.39 is 6.86 Å². The van der Waals surface area contributed by atoms with Crippen LogP contribution in [0.4, 0.5) is 4.39 Å². The first kappa shape index (κ1) is 11.0. The summed E-state index contributed by atoms with van der Waals surface area (Å²) in [5, 5.41) is 0. The first-order valence-corrected chi connectivity index (χ1v) is 5.54. The molecule has 1 aliphatic rings. The van der Waals surface area contributed by atoms with Crippen LogP contribution in [0.1, 0.15) is 18.4 Å². The lowest BCUT2D eigenvalue weighted by atomic mass is 10.1. The van der Waals surface area contributed by atoms with Crippen molar-refractivity contribution in [3.63, 3.8) is 0 Å². The van der Waals surface area contributed by atoms with Crippen LogP contribution in [0.15, 0.2) is 30.8 Å². The number of nitrogens with zero attached hydrogens (tertiary/aromatic N) is 1. The summed E-state index contributed by atoms with van der Waals surface area (Å²) in [4.78, 5) is 2.26. The molecule has 0 amide bonds. The maximum absolute atomic E-state index is 12.1. The molecule has 86 valence electrons. The summed E-state index contributed by atoms with van der Waals surface area (Å²) in [5.74, 6) is 0.556. The Morgan fingerprint density at radius 3 is 2.81 bits per heavy atom. The fraction of sp³-hybridized carbons (Fsp3) is 0.385. The second-order valence-electron chi connectivity index (χ2n) is 3.92. The van der Waals surface area contributed by atoms with Gasteiger partial charge in [-0.05, 0) is 25.0 Å². The summed E-state index contributed by atoms with van der Waals surface area (Å²) in [7, 11) is 0. The maximum Gasteiger partial charge on any atom is 0.228 e. The predicted octanol–water partition coefficient (Wildman–Crippen LogP) is 3.06. The third-order valence-electron chi connectivity index (χ3n) is 2.88. The Balaban J connectivity index is 2.12. The van der Waals surface area contributed by atoms with Crippen molar-refractivity contribution in [1.82, 2.24) is 4.90 Å². The van der Waals surface area contributed by atoms with Gasteiger partial charge in [0.05, 0.1) is 0 Å². The van der Waals surface area contributed by atoms with Crippen molar-refractivity contribution in [3.05, 3.63) is 36.4 Å². The highest BCUT2D eigenvalue weighted by Crippen LogP contribution is 2.25. The fourth-order valence-corrected chi connectivity index (χ4v) is 2.00. The van der Waals surface area contributed by atoms with Crippen molar-refractivity contribution < 1.29 is 9.13 Å². The zero-order chi connectivity index (χ0) is 11.4. The summed E-state index contributed by atoms with van der Waals surface area (Å²) in [6, 6.07) is 7.42. The van der Waals surface area contributed by atoms with Gasteiger partial charge in [-0.3, -0.25) is 0 Å². The number of likely N-dealkylation sites (tertiary alicyclic amines) is 1. The van der Waals surface area contributed by atoms with Gasteiger partial charge in [0, 0.05) is 24.4 Å². The molecule has 1 fully saturated rings. The molecule has 0 aliphatic carbocycles. The lowest BCUT2D eigenvalue weighted by Gasteiger charge is -2.20. The first-order chi connectivity index (χ1) is 7.81. The normalized spacial score (nSPS) is 15.2. The fourth-order valence-electron chi connectivity index (χ4n) is 2.00. The molecule has 0 spiro atoms. The number of hydrogen-bond donors (Lipinski definition) is 0. The molecular weight excluding hydrogens is 205 g/mol. The van der Waals surface area contributed by atoms with Crippen molar-refractivity contribution in [2.75, 3.05) is 20.0 Å². The van der Waals surface area contributed by atoms with Crippen LogP contribution in [-0.2, 0) is 0 Å². The molecule has 2 nitrogen and oxygen atoms in total. The van der Waals surface area contributed by atoms with E-state index in [4.69, 9.17) is 4.74 Å². The van der Waals surface area contributed by atoms with Crippen molar-refractivity contribution in [1.29, 1.82) is 0 Å². The van der Waals surface area contributed by atoms with E-state index in [1.54, 1.807) is 6.07 Å². The summed E-state index contributed by atoms with van der Waals surface area (Å²) in [6.45, 7) is 5.42. The van der Waals surface area contributed by atoms with Gasteiger partial charge in [0.25, 0.3) is 0 Å². The second kappa shape index (κ2) is 5.01. The van der Waals surface area contributed by atoms with Gasteiger partial charge in [-0.1, -0.05) is 18.7 Å². The van der Waals surface area contributed by atoms with E-state index in [9.17, 15) is 4.39 Å². The van der Waals surface area contributed by atoms with Gasteiger partial charge in [0.1, 0.15) is 5.75 Å². The van der Waals surface area contributed by atoms with Crippen LogP contribution >= 0.6 is 0 Å². The van der Waals surface area contributed by atoms with E-state index in [1.165, 1.54) is 12.8 Å².